The Morgan fingerprint density at radius 1 is 1.40 bits per heavy atom. The van der Waals surface area contributed by atoms with Crippen LogP contribution in [0.3, 0.4) is 0 Å². The highest BCUT2D eigenvalue weighted by molar-refractivity contribution is 5.83. The summed E-state index contributed by atoms with van der Waals surface area (Å²) >= 11 is 0. The van der Waals surface area contributed by atoms with Crippen LogP contribution in [0.1, 0.15) is 13.3 Å². The summed E-state index contributed by atoms with van der Waals surface area (Å²) in [6.07, 6.45) is 0.461. The number of hydrogen-bond donors (Lipinski definition) is 2. The van der Waals surface area contributed by atoms with Crippen molar-refractivity contribution in [1.29, 1.82) is 0 Å². The molecule has 6 nitrogen and oxygen atoms in total. The Morgan fingerprint density at radius 2 is 2.07 bits per heavy atom. The van der Waals surface area contributed by atoms with E-state index in [0.29, 0.717) is 11.6 Å². The largest absolute Gasteiger partial charge is 0.453 e. The van der Waals surface area contributed by atoms with Gasteiger partial charge in [-0.1, -0.05) is 6.92 Å². The van der Waals surface area contributed by atoms with Crippen molar-refractivity contribution < 1.29 is 9.53 Å². The predicted molar refractivity (Wildman–Crippen MR) is 56.8 cm³/mol. The average Bonchev–Trinajstić information content (AvgIpc) is 2.28. The van der Waals surface area contributed by atoms with Crippen molar-refractivity contribution in [2.45, 2.75) is 13.3 Å². The van der Waals surface area contributed by atoms with Crippen molar-refractivity contribution in [2.24, 2.45) is 0 Å². The first-order valence-corrected chi connectivity index (χ1v) is 4.69. The highest BCUT2D eigenvalue weighted by Gasteiger charge is 2.01. The molecular formula is C9H14N4O2. The molecule has 0 radical (unpaired) electrons. The minimum absolute atomic E-state index is 0.365. The Kier molecular flexibility index (Phi) is 4.33. The molecule has 82 valence electrons. The maximum absolute atomic E-state index is 10.8. The molecule has 1 heterocycles. The molecule has 0 bridgehead atoms. The third-order valence-electron chi connectivity index (χ3n) is 1.64. The number of ether oxygens (including phenoxy) is 1. The summed E-state index contributed by atoms with van der Waals surface area (Å²) in [5.74, 6) is 1.05. The fourth-order valence-electron chi connectivity index (χ4n) is 0.902. The molecule has 1 amide bonds. The molecule has 1 rings (SSSR count). The van der Waals surface area contributed by atoms with Gasteiger partial charge >= 0.3 is 6.09 Å². The van der Waals surface area contributed by atoms with E-state index < -0.39 is 6.09 Å². The van der Waals surface area contributed by atoms with Gasteiger partial charge in [0.1, 0.15) is 5.82 Å². The molecule has 0 aromatic carbocycles. The van der Waals surface area contributed by atoms with Crippen LogP contribution >= 0.6 is 0 Å². The van der Waals surface area contributed by atoms with E-state index in [9.17, 15) is 4.79 Å². The van der Waals surface area contributed by atoms with Gasteiger partial charge in [0.25, 0.3) is 0 Å². The normalized spacial score (nSPS) is 9.47. The summed E-state index contributed by atoms with van der Waals surface area (Å²) in [4.78, 5) is 10.8. The second kappa shape index (κ2) is 5.79. The first-order valence-electron chi connectivity index (χ1n) is 4.69. The Hall–Kier alpha value is -1.85. The maximum Gasteiger partial charge on any atom is 0.412 e. The third kappa shape index (κ3) is 3.80. The molecule has 1 aromatic rings. The number of anilines is 2. The van der Waals surface area contributed by atoms with E-state index in [4.69, 9.17) is 0 Å². The number of nitrogens with zero attached hydrogens (tertiary/aromatic N) is 2. The van der Waals surface area contributed by atoms with Gasteiger partial charge in [-0.15, -0.1) is 10.2 Å². The molecule has 0 aliphatic rings. The number of amides is 1. The average molecular weight is 210 g/mol. The number of aromatic nitrogens is 2. The number of hydrogen-bond acceptors (Lipinski definition) is 5. The first kappa shape index (κ1) is 11.2. The first-order chi connectivity index (χ1) is 7.26. The summed E-state index contributed by atoms with van der Waals surface area (Å²) in [5, 5.41) is 13.2. The highest BCUT2D eigenvalue weighted by Crippen LogP contribution is 2.05. The Morgan fingerprint density at radius 3 is 2.60 bits per heavy atom. The molecule has 15 heavy (non-hydrogen) atoms. The van der Waals surface area contributed by atoms with E-state index in [1.807, 2.05) is 0 Å². The summed E-state index contributed by atoms with van der Waals surface area (Å²) < 4.78 is 4.42. The molecule has 0 spiro atoms. The van der Waals surface area contributed by atoms with Crippen LogP contribution in [-0.4, -0.2) is 29.9 Å². The number of nitrogens with one attached hydrogen (secondary N) is 2. The van der Waals surface area contributed by atoms with Crippen molar-refractivity contribution in [3.05, 3.63) is 12.1 Å². The zero-order valence-electron chi connectivity index (χ0n) is 8.78. The number of methoxy groups -OCH3 is 1. The van der Waals surface area contributed by atoms with Gasteiger partial charge in [0, 0.05) is 6.54 Å². The Bertz CT molecular complexity index is 312. The molecule has 1 aromatic heterocycles. The van der Waals surface area contributed by atoms with E-state index in [0.717, 1.165) is 13.0 Å². The predicted octanol–water partition coefficient (Wildman–Crippen LogP) is 1.48. The van der Waals surface area contributed by atoms with Gasteiger partial charge in [-0.2, -0.15) is 0 Å². The van der Waals surface area contributed by atoms with Crippen LogP contribution < -0.4 is 10.6 Å². The standard InChI is InChI=1S/C9H14N4O2/c1-3-6-10-7-4-5-8(13-12-7)11-9(14)15-2/h4-5H,3,6H2,1-2H3,(H,10,12)(H,11,13,14). The van der Waals surface area contributed by atoms with Gasteiger partial charge in [-0.3, -0.25) is 5.32 Å². The highest BCUT2D eigenvalue weighted by atomic mass is 16.5. The van der Waals surface area contributed by atoms with E-state index in [2.05, 4.69) is 32.5 Å². The van der Waals surface area contributed by atoms with E-state index in [-0.39, 0.29) is 0 Å². The van der Waals surface area contributed by atoms with E-state index in [1.54, 1.807) is 12.1 Å². The molecule has 0 saturated heterocycles. The molecular weight excluding hydrogens is 196 g/mol. The number of carbonyl (C=O) groups excluding carboxylic acids is 1. The lowest BCUT2D eigenvalue weighted by Crippen LogP contribution is -2.13. The van der Waals surface area contributed by atoms with Crippen LogP contribution in [0.2, 0.25) is 0 Å². The molecule has 0 saturated carbocycles. The van der Waals surface area contributed by atoms with Crippen LogP contribution in [-0.2, 0) is 4.74 Å². The van der Waals surface area contributed by atoms with Crippen molar-refractivity contribution in [2.75, 3.05) is 24.3 Å². The molecule has 0 aliphatic carbocycles. The van der Waals surface area contributed by atoms with Crippen molar-refractivity contribution in [3.8, 4) is 0 Å². The Labute approximate surface area is 88.0 Å². The number of carbonyl (C=O) groups is 1. The maximum atomic E-state index is 10.8. The smallest absolute Gasteiger partial charge is 0.412 e. The van der Waals surface area contributed by atoms with E-state index >= 15 is 0 Å². The zero-order valence-corrected chi connectivity index (χ0v) is 8.78. The zero-order chi connectivity index (χ0) is 11.1. The molecule has 0 atom stereocenters. The van der Waals surface area contributed by atoms with Crippen molar-refractivity contribution >= 4 is 17.7 Å². The second-order valence-electron chi connectivity index (χ2n) is 2.85. The Balaban J connectivity index is 2.52. The monoisotopic (exact) mass is 210 g/mol. The van der Waals surface area contributed by atoms with Gasteiger partial charge in [0.05, 0.1) is 7.11 Å². The molecule has 0 unspecified atom stereocenters. The van der Waals surface area contributed by atoms with Gasteiger partial charge in [-0.05, 0) is 18.6 Å². The van der Waals surface area contributed by atoms with Gasteiger partial charge in [-0.25, -0.2) is 4.79 Å². The van der Waals surface area contributed by atoms with Crippen LogP contribution in [0.5, 0.6) is 0 Å². The van der Waals surface area contributed by atoms with Gasteiger partial charge in [0.2, 0.25) is 0 Å². The molecule has 0 aliphatic heterocycles. The topological polar surface area (TPSA) is 76.1 Å². The van der Waals surface area contributed by atoms with Crippen LogP contribution in [0, 0.1) is 0 Å². The molecule has 0 fully saturated rings. The fraction of sp³-hybridized carbons (Fsp3) is 0.444. The summed E-state index contributed by atoms with van der Waals surface area (Å²) in [5.41, 5.74) is 0. The lowest BCUT2D eigenvalue weighted by Gasteiger charge is -2.04. The quantitative estimate of drug-likeness (QED) is 0.787. The van der Waals surface area contributed by atoms with Crippen LogP contribution in [0.15, 0.2) is 12.1 Å². The fourth-order valence-corrected chi connectivity index (χ4v) is 0.902. The summed E-state index contributed by atoms with van der Waals surface area (Å²) in [6.45, 7) is 2.91. The number of rotatable bonds is 4. The second-order valence-corrected chi connectivity index (χ2v) is 2.85. The van der Waals surface area contributed by atoms with Crippen LogP contribution in [0.4, 0.5) is 16.4 Å². The summed E-state index contributed by atoms with van der Waals surface area (Å²) in [7, 11) is 1.29. The van der Waals surface area contributed by atoms with E-state index in [1.165, 1.54) is 7.11 Å². The minimum Gasteiger partial charge on any atom is -0.453 e. The van der Waals surface area contributed by atoms with Crippen LogP contribution in [0.25, 0.3) is 0 Å². The van der Waals surface area contributed by atoms with Crippen molar-refractivity contribution in [1.82, 2.24) is 10.2 Å². The lowest BCUT2D eigenvalue weighted by molar-refractivity contribution is 0.187. The lowest BCUT2D eigenvalue weighted by atomic mass is 10.4. The molecule has 6 heteroatoms. The molecule has 2 N–H and O–H groups in total. The van der Waals surface area contributed by atoms with Gasteiger partial charge < -0.3 is 10.1 Å². The third-order valence-corrected chi connectivity index (χ3v) is 1.64. The summed E-state index contributed by atoms with van der Waals surface area (Å²) in [6, 6.07) is 3.40. The SMILES string of the molecule is CCCNc1ccc(NC(=O)OC)nn1. The van der Waals surface area contributed by atoms with Gasteiger partial charge in [0.15, 0.2) is 5.82 Å². The minimum atomic E-state index is -0.557. The van der Waals surface area contributed by atoms with Crippen molar-refractivity contribution in [3.63, 3.8) is 0 Å².